The number of methoxy groups -OCH3 is 1. The zero-order valence-corrected chi connectivity index (χ0v) is 13.0. The molecule has 2 rings (SSSR count). The van der Waals surface area contributed by atoms with Gasteiger partial charge >= 0.3 is 5.97 Å². The van der Waals surface area contributed by atoms with E-state index in [1.165, 1.54) is 7.11 Å². The number of rotatable bonds is 6. The van der Waals surface area contributed by atoms with Gasteiger partial charge in [-0.25, -0.2) is 4.79 Å². The van der Waals surface area contributed by atoms with E-state index < -0.39 is 0 Å². The van der Waals surface area contributed by atoms with Crippen LogP contribution in [-0.2, 0) is 9.53 Å². The molecule has 116 valence electrons. The summed E-state index contributed by atoms with van der Waals surface area (Å²) in [4.78, 5) is 16.0. The SMILES string of the molecule is COC(=O)C1CCCN1c1ccc(OCCN(C)C)cc1. The Morgan fingerprint density at radius 2 is 2.05 bits per heavy atom. The lowest BCUT2D eigenvalue weighted by atomic mass is 10.2. The minimum Gasteiger partial charge on any atom is -0.492 e. The maximum atomic E-state index is 11.8. The highest BCUT2D eigenvalue weighted by Gasteiger charge is 2.31. The van der Waals surface area contributed by atoms with Gasteiger partial charge in [0, 0.05) is 18.8 Å². The summed E-state index contributed by atoms with van der Waals surface area (Å²) in [5.41, 5.74) is 1.04. The molecule has 1 saturated heterocycles. The Hall–Kier alpha value is -1.75. The fourth-order valence-electron chi connectivity index (χ4n) is 2.54. The van der Waals surface area contributed by atoms with Crippen LogP contribution in [0.1, 0.15) is 12.8 Å². The lowest BCUT2D eigenvalue weighted by molar-refractivity contribution is -0.141. The summed E-state index contributed by atoms with van der Waals surface area (Å²) in [6.45, 7) is 2.44. The van der Waals surface area contributed by atoms with E-state index in [2.05, 4.69) is 9.80 Å². The maximum absolute atomic E-state index is 11.8. The first-order valence-corrected chi connectivity index (χ1v) is 7.34. The van der Waals surface area contributed by atoms with Crippen molar-refractivity contribution in [2.45, 2.75) is 18.9 Å². The quantitative estimate of drug-likeness (QED) is 0.748. The van der Waals surface area contributed by atoms with Crippen LogP contribution in [0.3, 0.4) is 0 Å². The maximum Gasteiger partial charge on any atom is 0.328 e. The molecule has 0 aliphatic carbocycles. The average Bonchev–Trinajstić information content (AvgIpc) is 2.96. The van der Waals surface area contributed by atoms with E-state index in [0.717, 1.165) is 37.4 Å². The van der Waals surface area contributed by atoms with Gasteiger partial charge < -0.3 is 19.3 Å². The zero-order chi connectivity index (χ0) is 15.2. The summed E-state index contributed by atoms with van der Waals surface area (Å²) in [7, 11) is 5.49. The van der Waals surface area contributed by atoms with Gasteiger partial charge in [0.25, 0.3) is 0 Å². The molecule has 1 aliphatic heterocycles. The first kappa shape index (κ1) is 15.6. The monoisotopic (exact) mass is 292 g/mol. The highest BCUT2D eigenvalue weighted by atomic mass is 16.5. The molecule has 1 unspecified atom stereocenters. The van der Waals surface area contributed by atoms with Crippen molar-refractivity contribution in [2.24, 2.45) is 0 Å². The molecular weight excluding hydrogens is 268 g/mol. The number of hydrogen-bond donors (Lipinski definition) is 0. The van der Waals surface area contributed by atoms with Crippen LogP contribution in [0.5, 0.6) is 5.75 Å². The summed E-state index contributed by atoms with van der Waals surface area (Å²) in [6, 6.07) is 7.77. The van der Waals surface area contributed by atoms with Gasteiger partial charge in [0.05, 0.1) is 7.11 Å². The second-order valence-electron chi connectivity index (χ2n) is 5.52. The molecule has 0 amide bonds. The third-order valence-corrected chi connectivity index (χ3v) is 3.70. The number of carbonyl (C=O) groups excluding carboxylic acids is 1. The second-order valence-corrected chi connectivity index (χ2v) is 5.52. The Bertz CT molecular complexity index is 459. The highest BCUT2D eigenvalue weighted by molar-refractivity contribution is 5.80. The van der Waals surface area contributed by atoms with Crippen molar-refractivity contribution in [3.05, 3.63) is 24.3 Å². The molecule has 5 nitrogen and oxygen atoms in total. The van der Waals surface area contributed by atoms with Crippen molar-refractivity contribution in [3.8, 4) is 5.75 Å². The van der Waals surface area contributed by atoms with Gasteiger partial charge in [-0.1, -0.05) is 0 Å². The third kappa shape index (κ3) is 4.11. The predicted octanol–water partition coefficient (Wildman–Crippen LogP) is 1.77. The summed E-state index contributed by atoms with van der Waals surface area (Å²) < 4.78 is 10.6. The van der Waals surface area contributed by atoms with Crippen LogP contribution in [0.2, 0.25) is 0 Å². The molecule has 1 aromatic carbocycles. The van der Waals surface area contributed by atoms with E-state index in [1.807, 2.05) is 38.4 Å². The number of benzene rings is 1. The lowest BCUT2D eigenvalue weighted by Crippen LogP contribution is -2.36. The number of hydrogen-bond acceptors (Lipinski definition) is 5. The Morgan fingerprint density at radius 1 is 1.33 bits per heavy atom. The second kappa shape index (κ2) is 7.31. The number of ether oxygens (including phenoxy) is 2. The molecule has 0 radical (unpaired) electrons. The minimum atomic E-state index is -0.157. The molecule has 1 aromatic rings. The van der Waals surface area contributed by atoms with Gasteiger partial charge in [0.2, 0.25) is 0 Å². The summed E-state index contributed by atoms with van der Waals surface area (Å²) in [5.74, 6) is 0.702. The van der Waals surface area contributed by atoms with Gasteiger partial charge in [0.15, 0.2) is 0 Å². The largest absolute Gasteiger partial charge is 0.492 e. The van der Waals surface area contributed by atoms with Crippen LogP contribution in [0.15, 0.2) is 24.3 Å². The van der Waals surface area contributed by atoms with Gasteiger partial charge in [-0.05, 0) is 51.2 Å². The Morgan fingerprint density at radius 3 is 2.67 bits per heavy atom. The van der Waals surface area contributed by atoms with Gasteiger partial charge in [-0.15, -0.1) is 0 Å². The summed E-state index contributed by atoms with van der Waals surface area (Å²) in [5, 5.41) is 0. The molecule has 1 heterocycles. The lowest BCUT2D eigenvalue weighted by Gasteiger charge is -2.25. The van der Waals surface area contributed by atoms with Crippen molar-refractivity contribution in [2.75, 3.05) is 45.8 Å². The van der Waals surface area contributed by atoms with Crippen LogP contribution in [0.25, 0.3) is 0 Å². The molecule has 21 heavy (non-hydrogen) atoms. The van der Waals surface area contributed by atoms with Crippen molar-refractivity contribution < 1.29 is 14.3 Å². The van der Waals surface area contributed by atoms with Gasteiger partial charge in [-0.2, -0.15) is 0 Å². The number of esters is 1. The van der Waals surface area contributed by atoms with Crippen molar-refractivity contribution >= 4 is 11.7 Å². The minimum absolute atomic E-state index is 0.154. The van der Waals surface area contributed by atoms with Gasteiger partial charge in [0.1, 0.15) is 18.4 Å². The number of likely N-dealkylation sites (N-methyl/N-ethyl adjacent to an activating group) is 1. The molecular formula is C16H24N2O3. The van der Waals surface area contributed by atoms with E-state index in [9.17, 15) is 4.79 Å². The molecule has 0 bridgehead atoms. The Balaban J connectivity index is 1.96. The molecule has 0 aromatic heterocycles. The predicted molar refractivity (Wildman–Crippen MR) is 82.9 cm³/mol. The summed E-state index contributed by atoms with van der Waals surface area (Å²) in [6.07, 6.45) is 1.87. The smallest absolute Gasteiger partial charge is 0.328 e. The average molecular weight is 292 g/mol. The van der Waals surface area contributed by atoms with Crippen molar-refractivity contribution in [1.82, 2.24) is 4.90 Å². The van der Waals surface area contributed by atoms with E-state index in [0.29, 0.717) is 6.61 Å². The van der Waals surface area contributed by atoms with Crippen LogP contribution in [-0.4, -0.2) is 57.8 Å². The normalized spacial score (nSPS) is 18.1. The fourth-order valence-corrected chi connectivity index (χ4v) is 2.54. The van der Waals surface area contributed by atoms with E-state index in [-0.39, 0.29) is 12.0 Å². The zero-order valence-electron chi connectivity index (χ0n) is 13.0. The summed E-state index contributed by atoms with van der Waals surface area (Å²) >= 11 is 0. The highest BCUT2D eigenvalue weighted by Crippen LogP contribution is 2.27. The van der Waals surface area contributed by atoms with Crippen LogP contribution in [0, 0.1) is 0 Å². The van der Waals surface area contributed by atoms with E-state index in [1.54, 1.807) is 0 Å². The van der Waals surface area contributed by atoms with E-state index >= 15 is 0 Å². The van der Waals surface area contributed by atoms with Crippen molar-refractivity contribution in [1.29, 1.82) is 0 Å². The van der Waals surface area contributed by atoms with Crippen LogP contribution >= 0.6 is 0 Å². The molecule has 1 atom stereocenters. The topological polar surface area (TPSA) is 42.0 Å². The Labute approximate surface area is 126 Å². The fraction of sp³-hybridized carbons (Fsp3) is 0.562. The third-order valence-electron chi connectivity index (χ3n) is 3.70. The molecule has 0 saturated carbocycles. The molecule has 0 N–H and O–H groups in total. The standard InChI is InChI=1S/C16H24N2O3/c1-17(2)11-12-21-14-8-6-13(7-9-14)18-10-4-5-15(18)16(19)20-3/h6-9,15H,4-5,10-12H2,1-3H3. The number of anilines is 1. The molecule has 1 fully saturated rings. The van der Waals surface area contributed by atoms with Crippen LogP contribution in [0.4, 0.5) is 5.69 Å². The molecule has 5 heteroatoms. The Kier molecular flexibility index (Phi) is 5.44. The number of nitrogens with zero attached hydrogens (tertiary/aromatic N) is 2. The van der Waals surface area contributed by atoms with Gasteiger partial charge in [-0.3, -0.25) is 0 Å². The van der Waals surface area contributed by atoms with Crippen LogP contribution < -0.4 is 9.64 Å². The first-order chi connectivity index (χ1) is 10.1. The van der Waals surface area contributed by atoms with E-state index in [4.69, 9.17) is 9.47 Å². The molecule has 1 aliphatic rings. The first-order valence-electron chi connectivity index (χ1n) is 7.34. The number of carbonyl (C=O) groups is 1. The molecule has 0 spiro atoms. The van der Waals surface area contributed by atoms with Crippen molar-refractivity contribution in [3.63, 3.8) is 0 Å².